The van der Waals surface area contributed by atoms with E-state index in [2.05, 4.69) is 14.8 Å². The first-order valence-electron chi connectivity index (χ1n) is 5.49. The summed E-state index contributed by atoms with van der Waals surface area (Å²) in [4.78, 5) is 0. The molecular weight excluding hydrogens is 192 g/mol. The van der Waals surface area contributed by atoms with Crippen LogP contribution in [-0.4, -0.2) is 28.0 Å². The van der Waals surface area contributed by atoms with Crippen LogP contribution in [0.3, 0.4) is 0 Å². The molecule has 3 rings (SSSR count). The number of hydrogen-bond donors (Lipinski definition) is 1. The Kier molecular flexibility index (Phi) is 1.87. The molecule has 1 aliphatic carbocycles. The summed E-state index contributed by atoms with van der Waals surface area (Å²) in [6.45, 7) is 3.29. The van der Waals surface area contributed by atoms with Crippen molar-refractivity contribution >= 4 is 0 Å². The van der Waals surface area contributed by atoms with Crippen molar-refractivity contribution < 1.29 is 4.74 Å². The third kappa shape index (κ3) is 1.38. The van der Waals surface area contributed by atoms with Crippen molar-refractivity contribution in [2.75, 3.05) is 13.2 Å². The fraction of sp³-hybridized carbons (Fsp3) is 0.800. The first-order valence-corrected chi connectivity index (χ1v) is 5.49. The normalized spacial score (nSPS) is 31.1. The number of rotatable bonds is 2. The molecule has 0 radical (unpaired) electrons. The van der Waals surface area contributed by atoms with E-state index in [1.807, 2.05) is 6.92 Å². The van der Waals surface area contributed by atoms with Crippen LogP contribution >= 0.6 is 0 Å². The summed E-state index contributed by atoms with van der Waals surface area (Å²) in [5.41, 5.74) is 5.90. The largest absolute Gasteiger partial charge is 0.379 e. The predicted octanol–water partition coefficient (Wildman–Crippen LogP) is 0.496. The van der Waals surface area contributed by atoms with Gasteiger partial charge in [0.2, 0.25) is 0 Å². The molecule has 2 N–H and O–H groups in total. The summed E-state index contributed by atoms with van der Waals surface area (Å²) in [7, 11) is 0. The minimum atomic E-state index is -0.413. The predicted molar refractivity (Wildman–Crippen MR) is 54.3 cm³/mol. The fourth-order valence-electron chi connectivity index (χ4n) is 2.24. The Balaban J connectivity index is 2.03. The van der Waals surface area contributed by atoms with Gasteiger partial charge in [-0.2, -0.15) is 0 Å². The van der Waals surface area contributed by atoms with E-state index in [9.17, 15) is 0 Å². The lowest BCUT2D eigenvalue weighted by molar-refractivity contribution is 0.175. The minimum absolute atomic E-state index is 0.413. The molecule has 2 fully saturated rings. The molecule has 1 saturated carbocycles. The number of ether oxygens (including phenoxy) is 1. The second-order valence-corrected chi connectivity index (χ2v) is 4.63. The Labute approximate surface area is 88.6 Å². The molecule has 1 aromatic heterocycles. The highest BCUT2D eigenvalue weighted by Gasteiger charge is 2.40. The van der Waals surface area contributed by atoms with Crippen molar-refractivity contribution in [3.8, 4) is 0 Å². The van der Waals surface area contributed by atoms with Gasteiger partial charge in [-0.05, 0) is 26.2 Å². The van der Waals surface area contributed by atoms with Gasteiger partial charge in [0.25, 0.3) is 0 Å². The van der Waals surface area contributed by atoms with Gasteiger partial charge in [-0.3, -0.25) is 0 Å². The van der Waals surface area contributed by atoms with Gasteiger partial charge in [-0.1, -0.05) is 0 Å². The molecule has 1 aromatic rings. The van der Waals surface area contributed by atoms with E-state index in [1.165, 1.54) is 12.8 Å². The highest BCUT2D eigenvalue weighted by Crippen LogP contribution is 2.39. The van der Waals surface area contributed by atoms with Crippen molar-refractivity contribution in [2.45, 2.75) is 37.8 Å². The van der Waals surface area contributed by atoms with Crippen molar-refractivity contribution in [3.05, 3.63) is 11.6 Å². The van der Waals surface area contributed by atoms with Gasteiger partial charge in [0.1, 0.15) is 11.4 Å². The van der Waals surface area contributed by atoms with Gasteiger partial charge in [-0.15, -0.1) is 10.2 Å². The van der Waals surface area contributed by atoms with Crippen LogP contribution in [0.15, 0.2) is 0 Å². The Morgan fingerprint density at radius 2 is 2.27 bits per heavy atom. The van der Waals surface area contributed by atoms with E-state index in [0.29, 0.717) is 12.6 Å². The third-order valence-electron chi connectivity index (χ3n) is 3.28. The van der Waals surface area contributed by atoms with E-state index >= 15 is 0 Å². The molecule has 1 unspecified atom stereocenters. The SMILES string of the molecule is Cc1nnc(C2(N)CCOC2)n1C1CC1. The molecule has 2 heterocycles. The summed E-state index contributed by atoms with van der Waals surface area (Å²) in [5.74, 6) is 1.89. The lowest BCUT2D eigenvalue weighted by Crippen LogP contribution is -2.40. The van der Waals surface area contributed by atoms with Gasteiger partial charge in [0.05, 0.1) is 6.61 Å². The third-order valence-corrected chi connectivity index (χ3v) is 3.28. The number of nitrogens with zero attached hydrogens (tertiary/aromatic N) is 3. The Hall–Kier alpha value is -0.940. The molecule has 2 aliphatic rings. The van der Waals surface area contributed by atoms with Crippen LogP contribution < -0.4 is 5.73 Å². The highest BCUT2D eigenvalue weighted by atomic mass is 16.5. The summed E-state index contributed by atoms with van der Waals surface area (Å²) >= 11 is 0. The van der Waals surface area contributed by atoms with Gasteiger partial charge < -0.3 is 15.0 Å². The van der Waals surface area contributed by atoms with E-state index in [4.69, 9.17) is 10.5 Å². The maximum absolute atomic E-state index is 6.31. The lowest BCUT2D eigenvalue weighted by atomic mass is 9.99. The first-order chi connectivity index (χ1) is 7.21. The molecule has 82 valence electrons. The average molecular weight is 208 g/mol. The topological polar surface area (TPSA) is 66.0 Å². The van der Waals surface area contributed by atoms with Crippen LogP contribution in [0, 0.1) is 6.92 Å². The van der Waals surface area contributed by atoms with Gasteiger partial charge in [0.15, 0.2) is 5.82 Å². The maximum atomic E-state index is 6.31. The smallest absolute Gasteiger partial charge is 0.155 e. The fourth-order valence-corrected chi connectivity index (χ4v) is 2.24. The quantitative estimate of drug-likeness (QED) is 0.768. The van der Waals surface area contributed by atoms with Crippen molar-refractivity contribution in [1.29, 1.82) is 0 Å². The number of aryl methyl sites for hydroxylation is 1. The van der Waals surface area contributed by atoms with Gasteiger partial charge >= 0.3 is 0 Å². The van der Waals surface area contributed by atoms with Crippen LogP contribution in [0.5, 0.6) is 0 Å². The van der Waals surface area contributed by atoms with E-state index in [-0.39, 0.29) is 0 Å². The number of aromatic nitrogens is 3. The molecular formula is C10H16N4O. The zero-order valence-electron chi connectivity index (χ0n) is 8.94. The van der Waals surface area contributed by atoms with Crippen molar-refractivity contribution in [3.63, 3.8) is 0 Å². The molecule has 0 aromatic carbocycles. The second kappa shape index (κ2) is 3.02. The second-order valence-electron chi connectivity index (χ2n) is 4.63. The van der Waals surface area contributed by atoms with Crippen LogP contribution in [0.4, 0.5) is 0 Å². The zero-order chi connectivity index (χ0) is 10.5. The van der Waals surface area contributed by atoms with Gasteiger partial charge in [0, 0.05) is 12.6 Å². The standard InChI is InChI=1S/C10H16N4O/c1-7-12-13-9(14(7)8-2-3-8)10(11)4-5-15-6-10/h8H,2-6,11H2,1H3. The van der Waals surface area contributed by atoms with Crippen molar-refractivity contribution in [1.82, 2.24) is 14.8 Å². The molecule has 1 aliphatic heterocycles. The Morgan fingerprint density at radius 3 is 2.87 bits per heavy atom. The molecule has 1 atom stereocenters. The first kappa shape index (κ1) is 9.30. The molecule has 1 saturated heterocycles. The van der Waals surface area contributed by atoms with Crippen LogP contribution in [0.2, 0.25) is 0 Å². The molecule has 0 bridgehead atoms. The van der Waals surface area contributed by atoms with Gasteiger partial charge in [-0.25, -0.2) is 0 Å². The maximum Gasteiger partial charge on any atom is 0.155 e. The zero-order valence-corrected chi connectivity index (χ0v) is 8.94. The molecule has 5 nitrogen and oxygen atoms in total. The monoisotopic (exact) mass is 208 g/mol. The highest BCUT2D eigenvalue weighted by molar-refractivity contribution is 5.13. The lowest BCUT2D eigenvalue weighted by Gasteiger charge is -2.21. The van der Waals surface area contributed by atoms with E-state index < -0.39 is 5.54 Å². The van der Waals surface area contributed by atoms with E-state index in [1.54, 1.807) is 0 Å². The average Bonchev–Trinajstić information content (AvgIpc) is 2.83. The molecule has 0 amide bonds. The van der Waals surface area contributed by atoms with Crippen LogP contribution in [0.1, 0.15) is 37.0 Å². The summed E-state index contributed by atoms with van der Waals surface area (Å²) in [5, 5.41) is 8.38. The van der Waals surface area contributed by atoms with Crippen LogP contribution in [0.25, 0.3) is 0 Å². The summed E-state index contributed by atoms with van der Waals surface area (Å²) in [6, 6.07) is 0.580. The van der Waals surface area contributed by atoms with Crippen molar-refractivity contribution in [2.24, 2.45) is 5.73 Å². The Bertz CT molecular complexity index is 377. The minimum Gasteiger partial charge on any atom is -0.379 e. The summed E-state index contributed by atoms with van der Waals surface area (Å²) in [6.07, 6.45) is 3.30. The number of nitrogens with two attached hydrogens (primary N) is 1. The molecule has 5 heteroatoms. The molecule has 0 spiro atoms. The molecule has 15 heavy (non-hydrogen) atoms. The van der Waals surface area contributed by atoms with E-state index in [0.717, 1.165) is 24.7 Å². The number of hydrogen-bond acceptors (Lipinski definition) is 4. The van der Waals surface area contributed by atoms with Crippen LogP contribution in [-0.2, 0) is 10.3 Å². The Morgan fingerprint density at radius 1 is 1.47 bits per heavy atom. The summed E-state index contributed by atoms with van der Waals surface area (Å²) < 4.78 is 7.58.